The fourth-order valence-corrected chi connectivity index (χ4v) is 2.95. The summed E-state index contributed by atoms with van der Waals surface area (Å²) in [5.41, 5.74) is 6.40. The van der Waals surface area contributed by atoms with Gasteiger partial charge in [-0.3, -0.25) is 14.5 Å². The summed E-state index contributed by atoms with van der Waals surface area (Å²) >= 11 is 0. The third kappa shape index (κ3) is 7.19. The molecule has 0 spiro atoms. The molecule has 2 amide bonds. The van der Waals surface area contributed by atoms with Gasteiger partial charge < -0.3 is 21.1 Å². The van der Waals surface area contributed by atoms with Gasteiger partial charge >= 0.3 is 0 Å². The number of nitrogens with two attached hydrogens (primary N) is 1. The minimum atomic E-state index is -0.613. The van der Waals surface area contributed by atoms with Crippen molar-refractivity contribution < 1.29 is 14.3 Å². The van der Waals surface area contributed by atoms with Gasteiger partial charge in [0.25, 0.3) is 0 Å². The Morgan fingerprint density at radius 2 is 2.00 bits per heavy atom. The van der Waals surface area contributed by atoms with Crippen molar-refractivity contribution in [1.29, 1.82) is 0 Å². The van der Waals surface area contributed by atoms with Crippen molar-refractivity contribution in [2.75, 3.05) is 38.1 Å². The van der Waals surface area contributed by atoms with Crippen LogP contribution in [-0.2, 0) is 9.59 Å². The fourth-order valence-electron chi connectivity index (χ4n) is 2.95. The fraction of sp³-hybridized carbons (Fsp3) is 0.600. The summed E-state index contributed by atoms with van der Waals surface area (Å²) in [6, 6.07) is 6.61. The normalized spacial score (nSPS) is 18.3. The average Bonchev–Trinajstić information content (AvgIpc) is 3.05. The smallest absolute Gasteiger partial charge is 0.243 e. The zero-order chi connectivity index (χ0) is 19.8. The number of hydrogen-bond donors (Lipinski definition) is 3. The molecule has 150 valence electrons. The van der Waals surface area contributed by atoms with E-state index < -0.39 is 6.04 Å². The van der Waals surface area contributed by atoms with E-state index in [4.69, 9.17) is 10.5 Å². The molecular weight excluding hydrogens is 344 g/mol. The van der Waals surface area contributed by atoms with E-state index in [1.807, 2.05) is 26.0 Å². The van der Waals surface area contributed by atoms with Crippen LogP contribution in [0.15, 0.2) is 24.3 Å². The van der Waals surface area contributed by atoms with Gasteiger partial charge in [-0.05, 0) is 49.1 Å². The van der Waals surface area contributed by atoms with Crippen molar-refractivity contribution in [3.8, 4) is 5.75 Å². The van der Waals surface area contributed by atoms with Crippen LogP contribution >= 0.6 is 0 Å². The Morgan fingerprint density at radius 3 is 2.59 bits per heavy atom. The van der Waals surface area contributed by atoms with E-state index in [1.54, 1.807) is 12.1 Å². The van der Waals surface area contributed by atoms with Gasteiger partial charge in [-0.1, -0.05) is 20.8 Å². The lowest BCUT2D eigenvalue weighted by Crippen LogP contribution is -2.46. The molecule has 1 aromatic carbocycles. The predicted octanol–water partition coefficient (Wildman–Crippen LogP) is 1.45. The first kappa shape index (κ1) is 21.2. The molecule has 7 heteroatoms. The number of carbonyl (C=O) groups excluding carboxylic acids is 2. The molecule has 1 saturated heterocycles. The van der Waals surface area contributed by atoms with Gasteiger partial charge in [0.05, 0.1) is 12.6 Å². The van der Waals surface area contributed by atoms with Crippen LogP contribution in [0.2, 0.25) is 0 Å². The summed E-state index contributed by atoms with van der Waals surface area (Å²) in [7, 11) is 0. The van der Waals surface area contributed by atoms with Crippen LogP contribution in [0.3, 0.4) is 0 Å². The number of rotatable bonds is 9. The number of hydrogen-bond acceptors (Lipinski definition) is 5. The molecule has 7 nitrogen and oxygen atoms in total. The van der Waals surface area contributed by atoms with Gasteiger partial charge in [0.1, 0.15) is 12.4 Å². The van der Waals surface area contributed by atoms with E-state index in [0.29, 0.717) is 12.3 Å². The first-order chi connectivity index (χ1) is 12.8. The zero-order valence-corrected chi connectivity index (χ0v) is 16.5. The van der Waals surface area contributed by atoms with Gasteiger partial charge in [0.15, 0.2) is 0 Å². The lowest BCUT2D eigenvalue weighted by atomic mass is 10.1. The Morgan fingerprint density at radius 1 is 1.30 bits per heavy atom. The second kappa shape index (κ2) is 10.3. The molecule has 2 atom stereocenters. The van der Waals surface area contributed by atoms with Gasteiger partial charge in [-0.2, -0.15) is 0 Å². The van der Waals surface area contributed by atoms with E-state index in [-0.39, 0.29) is 24.3 Å². The molecule has 0 aromatic heterocycles. The molecule has 4 N–H and O–H groups in total. The van der Waals surface area contributed by atoms with E-state index in [9.17, 15) is 9.59 Å². The van der Waals surface area contributed by atoms with Gasteiger partial charge in [0.2, 0.25) is 11.8 Å². The first-order valence-electron chi connectivity index (χ1n) is 9.63. The van der Waals surface area contributed by atoms with Crippen LogP contribution < -0.4 is 21.1 Å². The number of ether oxygens (including phenoxy) is 1. The summed E-state index contributed by atoms with van der Waals surface area (Å²) in [5.74, 6) is 0.956. The lowest BCUT2D eigenvalue weighted by Gasteiger charge is -2.16. The molecule has 1 heterocycles. The summed E-state index contributed by atoms with van der Waals surface area (Å²) in [6.45, 7) is 9.77. The Kier molecular flexibility index (Phi) is 8.06. The SMILES string of the molecule is CC1CCN(CCOc2ccc(NC(=O)CNC(=O)[C@@H](N)C(C)C)cc2)C1. The maximum atomic E-state index is 11.9. The monoisotopic (exact) mass is 376 g/mol. The second-order valence-corrected chi connectivity index (χ2v) is 7.60. The molecule has 27 heavy (non-hydrogen) atoms. The van der Waals surface area contributed by atoms with Crippen molar-refractivity contribution >= 4 is 17.5 Å². The minimum Gasteiger partial charge on any atom is -0.492 e. The molecule has 1 aliphatic heterocycles. The van der Waals surface area contributed by atoms with Crippen LogP contribution in [0, 0.1) is 11.8 Å². The van der Waals surface area contributed by atoms with E-state index in [2.05, 4.69) is 22.5 Å². The van der Waals surface area contributed by atoms with Crippen LogP contribution in [0.1, 0.15) is 27.2 Å². The Labute approximate surface area is 161 Å². The van der Waals surface area contributed by atoms with Crippen LogP contribution in [0.4, 0.5) is 5.69 Å². The number of nitrogens with one attached hydrogen (secondary N) is 2. The van der Waals surface area contributed by atoms with E-state index in [0.717, 1.165) is 31.3 Å². The highest BCUT2D eigenvalue weighted by molar-refractivity contribution is 5.95. The number of likely N-dealkylation sites (tertiary alicyclic amines) is 1. The van der Waals surface area contributed by atoms with Crippen molar-refractivity contribution in [1.82, 2.24) is 10.2 Å². The summed E-state index contributed by atoms with van der Waals surface area (Å²) in [6.07, 6.45) is 1.26. The summed E-state index contributed by atoms with van der Waals surface area (Å²) < 4.78 is 5.77. The van der Waals surface area contributed by atoms with Crippen LogP contribution in [0.5, 0.6) is 5.75 Å². The molecular formula is C20H32N4O3. The molecule has 1 aliphatic rings. The topological polar surface area (TPSA) is 96.7 Å². The average molecular weight is 377 g/mol. The predicted molar refractivity (Wildman–Crippen MR) is 107 cm³/mol. The highest BCUT2D eigenvalue weighted by atomic mass is 16.5. The molecule has 0 bridgehead atoms. The largest absolute Gasteiger partial charge is 0.492 e. The molecule has 1 unspecified atom stereocenters. The maximum absolute atomic E-state index is 11.9. The molecule has 1 fully saturated rings. The number of benzene rings is 1. The summed E-state index contributed by atoms with van der Waals surface area (Å²) in [5, 5.41) is 5.29. The third-order valence-electron chi connectivity index (χ3n) is 4.77. The number of anilines is 1. The Bertz CT molecular complexity index is 618. The standard InChI is InChI=1S/C20H32N4O3/c1-14(2)19(21)20(26)22-12-18(25)23-16-4-6-17(7-5-16)27-11-10-24-9-8-15(3)13-24/h4-7,14-15,19H,8-13,21H2,1-3H3,(H,22,26)(H,23,25)/t15?,19-/m0/s1. The van der Waals surface area contributed by atoms with Crippen molar-refractivity contribution in [2.24, 2.45) is 17.6 Å². The number of carbonyl (C=O) groups is 2. The maximum Gasteiger partial charge on any atom is 0.243 e. The summed E-state index contributed by atoms with van der Waals surface area (Å²) in [4.78, 5) is 26.1. The van der Waals surface area contributed by atoms with Gasteiger partial charge in [-0.25, -0.2) is 0 Å². The zero-order valence-electron chi connectivity index (χ0n) is 16.5. The minimum absolute atomic E-state index is 0.0227. The number of amides is 2. The van der Waals surface area contributed by atoms with E-state index in [1.165, 1.54) is 6.42 Å². The number of nitrogens with zero attached hydrogens (tertiary/aromatic N) is 1. The highest BCUT2D eigenvalue weighted by Crippen LogP contribution is 2.17. The quantitative estimate of drug-likeness (QED) is 0.606. The van der Waals surface area contributed by atoms with Crippen molar-refractivity contribution in [3.05, 3.63) is 24.3 Å². The van der Waals surface area contributed by atoms with Gasteiger partial charge in [0, 0.05) is 18.8 Å². The Balaban J connectivity index is 1.68. The molecule has 2 rings (SSSR count). The van der Waals surface area contributed by atoms with Crippen molar-refractivity contribution in [2.45, 2.75) is 33.2 Å². The first-order valence-corrected chi connectivity index (χ1v) is 9.63. The third-order valence-corrected chi connectivity index (χ3v) is 4.77. The molecule has 1 aromatic rings. The van der Waals surface area contributed by atoms with Crippen LogP contribution in [-0.4, -0.2) is 55.5 Å². The Hall–Kier alpha value is -2.12. The van der Waals surface area contributed by atoms with Crippen molar-refractivity contribution in [3.63, 3.8) is 0 Å². The second-order valence-electron chi connectivity index (χ2n) is 7.60. The highest BCUT2D eigenvalue weighted by Gasteiger charge is 2.18. The molecule has 0 saturated carbocycles. The van der Waals surface area contributed by atoms with Gasteiger partial charge in [-0.15, -0.1) is 0 Å². The van der Waals surface area contributed by atoms with E-state index >= 15 is 0 Å². The lowest BCUT2D eigenvalue weighted by molar-refractivity contribution is -0.125. The van der Waals surface area contributed by atoms with Crippen LogP contribution in [0.25, 0.3) is 0 Å². The molecule has 0 aliphatic carbocycles. The molecule has 0 radical (unpaired) electrons.